The average Bonchev–Trinajstić information content (AvgIpc) is 2.43. The fraction of sp³-hybridized carbons (Fsp3) is 0.375. The molecule has 2 rings (SSSR count). The second-order valence-corrected chi connectivity index (χ2v) is 4.79. The van der Waals surface area contributed by atoms with Crippen molar-refractivity contribution in [2.75, 3.05) is 13.2 Å². The highest BCUT2D eigenvalue weighted by Gasteiger charge is 2.14. The molecule has 0 aromatic heterocycles. The number of aliphatic hydroxyl groups is 1. The molecule has 0 aliphatic rings. The number of aliphatic hydroxyl groups excluding tert-OH is 1. The van der Waals surface area contributed by atoms with E-state index in [9.17, 15) is 13.9 Å². The normalized spacial score (nSPS) is 13.1. The summed E-state index contributed by atoms with van der Waals surface area (Å²) >= 11 is 0. The van der Waals surface area contributed by atoms with Crippen molar-refractivity contribution in [3.05, 3.63) is 47.5 Å². The van der Waals surface area contributed by atoms with Crippen LogP contribution in [0.1, 0.15) is 23.7 Å². The molecular formula is C16H18F2O2. The lowest BCUT2D eigenvalue weighted by Crippen LogP contribution is -2.09. The molecule has 1 N–H and O–H groups in total. The number of rotatable bonds is 6. The molecule has 2 aromatic rings. The first-order chi connectivity index (χ1) is 9.59. The van der Waals surface area contributed by atoms with Gasteiger partial charge in [0.1, 0.15) is 6.61 Å². The average molecular weight is 280 g/mol. The van der Waals surface area contributed by atoms with Gasteiger partial charge in [-0.25, -0.2) is 8.78 Å². The maximum absolute atomic E-state index is 12.0. The van der Waals surface area contributed by atoms with Crippen molar-refractivity contribution in [2.24, 2.45) is 0 Å². The molecule has 0 saturated heterocycles. The van der Waals surface area contributed by atoms with Crippen LogP contribution in [0.15, 0.2) is 36.4 Å². The minimum atomic E-state index is -2.47. The smallest absolute Gasteiger partial charge is 0.261 e. The lowest BCUT2D eigenvalue weighted by atomic mass is 9.94. The van der Waals surface area contributed by atoms with Crippen LogP contribution < -0.4 is 0 Å². The number of hydrogen-bond donors (Lipinski definition) is 1. The standard InChI is InChI=1S/C16H18F2O2/c1-11-6-7-12-4-2-3-5-13(12)16(11)14(19)8-9-20-10-15(17)18/h2-7,14-15,19H,8-10H2,1H3. The number of halogens is 2. The monoisotopic (exact) mass is 280 g/mol. The lowest BCUT2D eigenvalue weighted by molar-refractivity contribution is 0.00489. The van der Waals surface area contributed by atoms with E-state index in [2.05, 4.69) is 0 Å². The van der Waals surface area contributed by atoms with Crippen LogP contribution in [-0.2, 0) is 4.74 Å². The zero-order valence-electron chi connectivity index (χ0n) is 11.4. The number of hydrogen-bond acceptors (Lipinski definition) is 2. The maximum Gasteiger partial charge on any atom is 0.261 e. The largest absolute Gasteiger partial charge is 0.388 e. The van der Waals surface area contributed by atoms with E-state index in [1.165, 1.54) is 0 Å². The summed E-state index contributed by atoms with van der Waals surface area (Å²) in [6, 6.07) is 11.8. The molecule has 1 atom stereocenters. The Morgan fingerprint density at radius 3 is 2.65 bits per heavy atom. The van der Waals surface area contributed by atoms with Crippen molar-refractivity contribution in [2.45, 2.75) is 25.9 Å². The summed E-state index contributed by atoms with van der Waals surface area (Å²) in [5, 5.41) is 12.3. The summed E-state index contributed by atoms with van der Waals surface area (Å²) in [4.78, 5) is 0. The Balaban J connectivity index is 2.13. The molecule has 108 valence electrons. The van der Waals surface area contributed by atoms with Crippen molar-refractivity contribution in [1.29, 1.82) is 0 Å². The Bertz CT molecular complexity index is 569. The molecule has 0 aliphatic carbocycles. The molecule has 0 heterocycles. The summed E-state index contributed by atoms with van der Waals surface area (Å²) in [6.07, 6.45) is -2.87. The van der Waals surface area contributed by atoms with Crippen molar-refractivity contribution in [3.63, 3.8) is 0 Å². The number of benzene rings is 2. The van der Waals surface area contributed by atoms with Gasteiger partial charge in [-0.05, 0) is 28.8 Å². The first-order valence-electron chi connectivity index (χ1n) is 6.62. The zero-order chi connectivity index (χ0) is 14.5. The Kier molecular flexibility index (Phi) is 5.04. The minimum Gasteiger partial charge on any atom is -0.388 e. The van der Waals surface area contributed by atoms with Crippen LogP contribution in [0.25, 0.3) is 10.8 Å². The summed E-state index contributed by atoms with van der Waals surface area (Å²) in [5.74, 6) is 0. The van der Waals surface area contributed by atoms with E-state index in [0.29, 0.717) is 6.42 Å². The molecule has 2 aromatic carbocycles. The molecule has 0 fully saturated rings. The topological polar surface area (TPSA) is 29.5 Å². The van der Waals surface area contributed by atoms with E-state index < -0.39 is 19.1 Å². The number of fused-ring (bicyclic) bond motifs is 1. The Labute approximate surface area is 117 Å². The van der Waals surface area contributed by atoms with Crippen molar-refractivity contribution in [1.82, 2.24) is 0 Å². The van der Waals surface area contributed by atoms with E-state index in [1.807, 2.05) is 43.3 Å². The number of ether oxygens (including phenoxy) is 1. The SMILES string of the molecule is Cc1ccc2ccccc2c1C(O)CCOCC(F)F. The first kappa shape index (κ1) is 14.9. The molecule has 2 nitrogen and oxygen atoms in total. The third-order valence-corrected chi connectivity index (χ3v) is 3.30. The van der Waals surface area contributed by atoms with Crippen molar-refractivity contribution >= 4 is 10.8 Å². The van der Waals surface area contributed by atoms with Crippen LogP contribution >= 0.6 is 0 Å². The molecule has 0 spiro atoms. The predicted molar refractivity (Wildman–Crippen MR) is 75.1 cm³/mol. The van der Waals surface area contributed by atoms with E-state index in [-0.39, 0.29) is 6.61 Å². The van der Waals surface area contributed by atoms with Crippen LogP contribution in [0, 0.1) is 6.92 Å². The third-order valence-electron chi connectivity index (χ3n) is 3.30. The molecule has 0 radical (unpaired) electrons. The molecule has 0 aliphatic heterocycles. The van der Waals surface area contributed by atoms with E-state index in [1.54, 1.807) is 0 Å². The maximum atomic E-state index is 12.0. The third kappa shape index (κ3) is 3.52. The highest BCUT2D eigenvalue weighted by molar-refractivity contribution is 5.87. The molecular weight excluding hydrogens is 262 g/mol. The van der Waals surface area contributed by atoms with E-state index in [4.69, 9.17) is 4.74 Å². The molecule has 4 heteroatoms. The van der Waals surface area contributed by atoms with Crippen LogP contribution in [0.4, 0.5) is 8.78 Å². The van der Waals surface area contributed by atoms with Gasteiger partial charge in [0.15, 0.2) is 0 Å². The molecule has 0 saturated carbocycles. The van der Waals surface area contributed by atoms with Crippen LogP contribution in [0.2, 0.25) is 0 Å². The quantitative estimate of drug-likeness (QED) is 0.814. The van der Waals surface area contributed by atoms with Crippen LogP contribution in [-0.4, -0.2) is 24.7 Å². The van der Waals surface area contributed by atoms with Gasteiger partial charge in [-0.2, -0.15) is 0 Å². The molecule has 0 amide bonds. The Hall–Kier alpha value is -1.52. The summed E-state index contributed by atoms with van der Waals surface area (Å²) in [5.41, 5.74) is 1.84. The van der Waals surface area contributed by atoms with Gasteiger partial charge in [-0.1, -0.05) is 36.4 Å². The lowest BCUT2D eigenvalue weighted by Gasteiger charge is -2.16. The van der Waals surface area contributed by atoms with Crippen LogP contribution in [0.3, 0.4) is 0 Å². The van der Waals surface area contributed by atoms with Crippen LogP contribution in [0.5, 0.6) is 0 Å². The van der Waals surface area contributed by atoms with Gasteiger partial charge in [0, 0.05) is 13.0 Å². The molecule has 0 bridgehead atoms. The fourth-order valence-electron chi connectivity index (χ4n) is 2.36. The first-order valence-corrected chi connectivity index (χ1v) is 6.62. The highest BCUT2D eigenvalue weighted by atomic mass is 19.3. The number of alkyl halides is 2. The molecule has 1 unspecified atom stereocenters. The predicted octanol–water partition coefficient (Wildman–Crippen LogP) is 3.85. The second-order valence-electron chi connectivity index (χ2n) is 4.79. The van der Waals surface area contributed by atoms with Gasteiger partial charge < -0.3 is 9.84 Å². The summed E-state index contributed by atoms with van der Waals surface area (Å²) in [7, 11) is 0. The number of aryl methyl sites for hydroxylation is 1. The van der Waals surface area contributed by atoms with Gasteiger partial charge in [0.2, 0.25) is 0 Å². The summed E-state index contributed by atoms with van der Waals surface area (Å²) in [6.45, 7) is 1.47. The van der Waals surface area contributed by atoms with Crippen molar-refractivity contribution < 1.29 is 18.6 Å². The Morgan fingerprint density at radius 1 is 1.15 bits per heavy atom. The highest BCUT2D eigenvalue weighted by Crippen LogP contribution is 2.29. The van der Waals surface area contributed by atoms with Gasteiger partial charge in [-0.3, -0.25) is 0 Å². The van der Waals surface area contributed by atoms with E-state index >= 15 is 0 Å². The van der Waals surface area contributed by atoms with E-state index in [0.717, 1.165) is 21.9 Å². The van der Waals surface area contributed by atoms with Gasteiger partial charge in [-0.15, -0.1) is 0 Å². The van der Waals surface area contributed by atoms with Gasteiger partial charge in [0.25, 0.3) is 6.43 Å². The minimum absolute atomic E-state index is 0.119. The zero-order valence-corrected chi connectivity index (χ0v) is 11.4. The van der Waals surface area contributed by atoms with Crippen molar-refractivity contribution in [3.8, 4) is 0 Å². The molecule has 20 heavy (non-hydrogen) atoms. The second kappa shape index (κ2) is 6.77. The van der Waals surface area contributed by atoms with Gasteiger partial charge >= 0.3 is 0 Å². The summed E-state index contributed by atoms with van der Waals surface area (Å²) < 4.78 is 28.8. The van der Waals surface area contributed by atoms with Gasteiger partial charge in [0.05, 0.1) is 6.10 Å². The fourth-order valence-corrected chi connectivity index (χ4v) is 2.36. The Morgan fingerprint density at radius 2 is 1.90 bits per heavy atom.